The molecule has 1 aliphatic heterocycles. The van der Waals surface area contributed by atoms with Crippen LogP contribution in [-0.2, 0) is 14.3 Å². The summed E-state index contributed by atoms with van der Waals surface area (Å²) < 4.78 is 5.58. The van der Waals surface area contributed by atoms with Gasteiger partial charge in [-0.1, -0.05) is 55.5 Å². The Morgan fingerprint density at radius 1 is 1.03 bits per heavy atom. The van der Waals surface area contributed by atoms with Crippen molar-refractivity contribution in [3.8, 4) is 11.1 Å². The van der Waals surface area contributed by atoms with Crippen molar-refractivity contribution in [3.05, 3.63) is 59.7 Å². The molecule has 184 valence electrons. The van der Waals surface area contributed by atoms with Crippen LogP contribution in [0, 0.1) is 17.8 Å². The molecule has 0 spiro atoms. The third kappa shape index (κ3) is 4.51. The number of nitrogens with one attached hydrogen (secondary N) is 1. The number of hydrogen-bond donors (Lipinski definition) is 2. The van der Waals surface area contributed by atoms with Crippen LogP contribution in [0.3, 0.4) is 0 Å². The number of nitrogens with zero attached hydrogens (tertiary/aromatic N) is 1. The molecule has 4 unspecified atom stereocenters. The molecule has 1 heterocycles. The minimum atomic E-state index is -0.771. The highest BCUT2D eigenvalue weighted by atomic mass is 16.5. The molecule has 1 saturated carbocycles. The van der Waals surface area contributed by atoms with Gasteiger partial charge in [-0.2, -0.15) is 0 Å². The largest absolute Gasteiger partial charge is 0.481 e. The number of carbonyl (C=O) groups is 3. The van der Waals surface area contributed by atoms with Gasteiger partial charge in [-0.15, -0.1) is 0 Å². The second-order valence-electron chi connectivity index (χ2n) is 10.1. The number of fused-ring (bicyclic) bond motifs is 4. The van der Waals surface area contributed by atoms with Gasteiger partial charge in [0.2, 0.25) is 5.91 Å². The summed E-state index contributed by atoms with van der Waals surface area (Å²) in [5.41, 5.74) is 4.66. The molecule has 3 aliphatic rings. The summed E-state index contributed by atoms with van der Waals surface area (Å²) in [6.07, 6.45) is 2.47. The summed E-state index contributed by atoms with van der Waals surface area (Å²) in [6.45, 7) is 2.88. The molecular weight excluding hydrogens is 444 g/mol. The van der Waals surface area contributed by atoms with Gasteiger partial charge in [0.15, 0.2) is 0 Å². The van der Waals surface area contributed by atoms with E-state index in [1.807, 2.05) is 29.2 Å². The number of aliphatic carboxylic acids is 1. The van der Waals surface area contributed by atoms with E-state index in [2.05, 4.69) is 29.6 Å². The Balaban J connectivity index is 1.14. The Bertz CT molecular complexity index is 1090. The fourth-order valence-corrected chi connectivity index (χ4v) is 6.15. The molecule has 1 saturated heterocycles. The third-order valence-electron chi connectivity index (χ3n) is 8.05. The Morgan fingerprint density at radius 3 is 2.34 bits per heavy atom. The number of alkyl carbamates (subject to hydrolysis) is 1. The first-order valence-corrected chi connectivity index (χ1v) is 12.6. The van der Waals surface area contributed by atoms with Crippen LogP contribution in [-0.4, -0.2) is 53.7 Å². The zero-order valence-corrected chi connectivity index (χ0v) is 20.0. The van der Waals surface area contributed by atoms with E-state index < -0.39 is 18.0 Å². The quantitative estimate of drug-likeness (QED) is 0.649. The van der Waals surface area contributed by atoms with Gasteiger partial charge in [0.1, 0.15) is 6.61 Å². The minimum Gasteiger partial charge on any atom is -0.481 e. The summed E-state index contributed by atoms with van der Waals surface area (Å²) in [7, 11) is 0. The molecule has 0 aromatic heterocycles. The summed E-state index contributed by atoms with van der Waals surface area (Å²) >= 11 is 0. The zero-order chi connectivity index (χ0) is 24.5. The normalized spacial score (nSPS) is 23.7. The first-order chi connectivity index (χ1) is 16.9. The molecule has 2 amide bonds. The Labute approximate surface area is 205 Å². The molecule has 2 N–H and O–H groups in total. The predicted octanol–water partition coefficient (Wildman–Crippen LogP) is 4.26. The van der Waals surface area contributed by atoms with Gasteiger partial charge in [-0.3, -0.25) is 9.59 Å². The number of hydrogen-bond acceptors (Lipinski definition) is 4. The van der Waals surface area contributed by atoms with Crippen molar-refractivity contribution < 1.29 is 24.2 Å². The lowest BCUT2D eigenvalue weighted by Gasteiger charge is -2.35. The van der Waals surface area contributed by atoms with Crippen molar-refractivity contribution in [2.75, 3.05) is 19.7 Å². The fourth-order valence-electron chi connectivity index (χ4n) is 6.15. The summed E-state index contributed by atoms with van der Waals surface area (Å²) in [5, 5.41) is 12.2. The highest BCUT2D eigenvalue weighted by Crippen LogP contribution is 2.44. The number of rotatable bonds is 6. The maximum atomic E-state index is 13.1. The Kier molecular flexibility index (Phi) is 6.50. The number of carboxylic acid groups (broad SMARTS) is 1. The van der Waals surface area contributed by atoms with E-state index in [1.165, 1.54) is 11.1 Å². The van der Waals surface area contributed by atoms with Gasteiger partial charge in [0.25, 0.3) is 0 Å². The maximum Gasteiger partial charge on any atom is 0.407 e. The van der Waals surface area contributed by atoms with Gasteiger partial charge in [-0.05, 0) is 53.9 Å². The Hall–Kier alpha value is -3.35. The van der Waals surface area contributed by atoms with Crippen molar-refractivity contribution >= 4 is 18.0 Å². The van der Waals surface area contributed by atoms with Crippen LogP contribution in [0.4, 0.5) is 4.79 Å². The molecule has 4 atom stereocenters. The average molecular weight is 477 g/mol. The maximum absolute atomic E-state index is 13.1. The second kappa shape index (κ2) is 9.72. The van der Waals surface area contributed by atoms with Crippen LogP contribution in [0.2, 0.25) is 0 Å². The first kappa shape index (κ1) is 23.4. The predicted molar refractivity (Wildman–Crippen MR) is 131 cm³/mol. The van der Waals surface area contributed by atoms with E-state index in [4.69, 9.17) is 4.74 Å². The lowest BCUT2D eigenvalue weighted by molar-refractivity contribution is -0.146. The van der Waals surface area contributed by atoms with Crippen molar-refractivity contribution in [1.82, 2.24) is 10.2 Å². The number of carboxylic acids is 1. The van der Waals surface area contributed by atoms with E-state index >= 15 is 0 Å². The molecule has 2 fully saturated rings. The van der Waals surface area contributed by atoms with E-state index in [-0.39, 0.29) is 36.9 Å². The molecule has 0 bridgehead atoms. The fraction of sp³-hybridized carbons (Fsp3) is 0.464. The summed E-state index contributed by atoms with van der Waals surface area (Å²) in [4.78, 5) is 38.9. The molecule has 5 rings (SSSR count). The summed E-state index contributed by atoms with van der Waals surface area (Å²) in [6, 6.07) is 16.4. The van der Waals surface area contributed by atoms with E-state index in [1.54, 1.807) is 6.92 Å². The van der Waals surface area contributed by atoms with E-state index in [9.17, 15) is 19.5 Å². The van der Waals surface area contributed by atoms with E-state index in [0.29, 0.717) is 25.3 Å². The van der Waals surface area contributed by atoms with Crippen LogP contribution < -0.4 is 5.32 Å². The lowest BCUT2D eigenvalue weighted by atomic mass is 9.78. The lowest BCUT2D eigenvalue weighted by Crippen LogP contribution is -2.46. The molecular formula is C28H32N2O5. The summed E-state index contributed by atoms with van der Waals surface area (Å²) in [5.74, 6) is -1.20. The van der Waals surface area contributed by atoms with Gasteiger partial charge in [0, 0.05) is 25.0 Å². The van der Waals surface area contributed by atoms with Crippen molar-refractivity contribution in [1.29, 1.82) is 0 Å². The highest BCUT2D eigenvalue weighted by molar-refractivity contribution is 5.81. The topological polar surface area (TPSA) is 95.9 Å². The average Bonchev–Trinajstić information content (AvgIpc) is 3.44. The first-order valence-electron chi connectivity index (χ1n) is 12.6. The van der Waals surface area contributed by atoms with Crippen LogP contribution >= 0.6 is 0 Å². The monoisotopic (exact) mass is 476 g/mol. The molecule has 35 heavy (non-hydrogen) atoms. The molecule has 2 aromatic carbocycles. The Morgan fingerprint density at radius 2 is 1.69 bits per heavy atom. The number of likely N-dealkylation sites (tertiary alicyclic amines) is 1. The van der Waals surface area contributed by atoms with Crippen LogP contribution in [0.5, 0.6) is 0 Å². The van der Waals surface area contributed by atoms with Crippen molar-refractivity contribution in [2.45, 2.75) is 44.6 Å². The van der Waals surface area contributed by atoms with E-state index in [0.717, 1.165) is 24.0 Å². The molecule has 7 heteroatoms. The number of amides is 2. The van der Waals surface area contributed by atoms with Crippen molar-refractivity contribution in [3.63, 3.8) is 0 Å². The van der Waals surface area contributed by atoms with Crippen molar-refractivity contribution in [2.24, 2.45) is 17.8 Å². The van der Waals surface area contributed by atoms with Gasteiger partial charge >= 0.3 is 12.1 Å². The van der Waals surface area contributed by atoms with Gasteiger partial charge in [-0.25, -0.2) is 4.79 Å². The number of benzene rings is 2. The molecule has 2 aromatic rings. The highest BCUT2D eigenvalue weighted by Gasteiger charge is 2.43. The minimum absolute atomic E-state index is 0.00532. The second-order valence-corrected chi connectivity index (χ2v) is 10.1. The molecule has 2 aliphatic carbocycles. The zero-order valence-electron chi connectivity index (χ0n) is 20.0. The van der Waals surface area contributed by atoms with Gasteiger partial charge in [0.05, 0.1) is 11.8 Å². The van der Waals surface area contributed by atoms with Crippen LogP contribution in [0.25, 0.3) is 11.1 Å². The third-order valence-corrected chi connectivity index (χ3v) is 8.05. The SMILES string of the molecule is CC(CNC(=O)OCC1c2ccccc2-c2ccccc21)C(=O)N1CCC2CCC(C(=O)O)CC21. The van der Waals surface area contributed by atoms with Crippen LogP contribution in [0.15, 0.2) is 48.5 Å². The number of ether oxygens (including phenoxy) is 1. The van der Waals surface area contributed by atoms with Crippen LogP contribution in [0.1, 0.15) is 49.7 Å². The van der Waals surface area contributed by atoms with Gasteiger partial charge < -0.3 is 20.1 Å². The molecule has 7 nitrogen and oxygen atoms in total. The molecule has 0 radical (unpaired) electrons. The number of carbonyl (C=O) groups excluding carboxylic acids is 2. The standard InChI is InChI=1S/C28H32N2O5/c1-17(26(31)30-13-12-18-10-11-19(27(32)33)14-25(18)30)15-29-28(34)35-16-24-22-8-4-2-6-20(22)21-7-3-5-9-23(21)24/h2-9,17-19,24-25H,10-16H2,1H3,(H,29,34)(H,32,33). The smallest absolute Gasteiger partial charge is 0.407 e.